The molecule has 3 aromatic rings. The maximum absolute atomic E-state index is 5.10. The van der Waals surface area contributed by atoms with Gasteiger partial charge in [-0.25, -0.2) is 4.98 Å². The van der Waals surface area contributed by atoms with E-state index in [0.717, 1.165) is 22.3 Å². The van der Waals surface area contributed by atoms with Crippen molar-refractivity contribution in [3.63, 3.8) is 0 Å². The van der Waals surface area contributed by atoms with Crippen LogP contribution in [-0.2, 0) is 6.54 Å². The van der Waals surface area contributed by atoms with Crippen molar-refractivity contribution in [2.24, 2.45) is 0 Å². The van der Waals surface area contributed by atoms with Crippen LogP contribution in [0, 0.1) is 0 Å². The summed E-state index contributed by atoms with van der Waals surface area (Å²) in [5.74, 6) is 0.629. The van der Waals surface area contributed by atoms with Gasteiger partial charge in [-0.3, -0.25) is 5.10 Å². The van der Waals surface area contributed by atoms with E-state index >= 15 is 0 Å². The Bertz CT molecular complexity index is 692. The summed E-state index contributed by atoms with van der Waals surface area (Å²) in [6, 6.07) is 11.8. The molecular formula is C14H14N4O. The smallest absolute Gasteiger partial charge is 0.213 e. The molecule has 0 unspecified atom stereocenters. The van der Waals surface area contributed by atoms with Gasteiger partial charge in [0.05, 0.1) is 31.1 Å². The van der Waals surface area contributed by atoms with E-state index in [4.69, 9.17) is 4.74 Å². The molecule has 2 heterocycles. The number of aromatic nitrogens is 3. The van der Waals surface area contributed by atoms with Gasteiger partial charge in [0.2, 0.25) is 5.88 Å². The summed E-state index contributed by atoms with van der Waals surface area (Å²) in [6.45, 7) is 0.653. The second-order valence-corrected chi connectivity index (χ2v) is 4.20. The zero-order chi connectivity index (χ0) is 13.1. The molecular weight excluding hydrogens is 240 g/mol. The van der Waals surface area contributed by atoms with Gasteiger partial charge in [-0.1, -0.05) is 6.07 Å². The van der Waals surface area contributed by atoms with E-state index in [-0.39, 0.29) is 0 Å². The number of aromatic amines is 1. The van der Waals surface area contributed by atoms with Crippen LogP contribution in [0.1, 0.15) is 5.69 Å². The lowest BCUT2D eigenvalue weighted by atomic mass is 10.2. The van der Waals surface area contributed by atoms with E-state index < -0.39 is 0 Å². The Balaban J connectivity index is 1.74. The quantitative estimate of drug-likeness (QED) is 0.751. The molecule has 0 amide bonds. The van der Waals surface area contributed by atoms with E-state index in [1.165, 1.54) is 0 Å². The van der Waals surface area contributed by atoms with Gasteiger partial charge in [-0.15, -0.1) is 0 Å². The molecule has 2 N–H and O–H groups in total. The molecule has 2 aromatic heterocycles. The summed E-state index contributed by atoms with van der Waals surface area (Å²) in [4.78, 5) is 4.36. The normalized spacial score (nSPS) is 10.6. The minimum atomic E-state index is 0.629. The van der Waals surface area contributed by atoms with Crippen LogP contribution in [0.4, 0.5) is 5.69 Å². The Morgan fingerprint density at radius 3 is 3.11 bits per heavy atom. The maximum Gasteiger partial charge on any atom is 0.213 e. The molecule has 0 radical (unpaired) electrons. The lowest BCUT2D eigenvalue weighted by molar-refractivity contribution is 0.396. The summed E-state index contributed by atoms with van der Waals surface area (Å²) < 4.78 is 5.10. The molecule has 0 saturated heterocycles. The summed E-state index contributed by atoms with van der Waals surface area (Å²) in [5.41, 5.74) is 3.01. The third-order valence-corrected chi connectivity index (χ3v) is 2.90. The van der Waals surface area contributed by atoms with E-state index in [9.17, 15) is 0 Å². The van der Waals surface area contributed by atoms with E-state index in [2.05, 4.69) is 26.6 Å². The van der Waals surface area contributed by atoms with Crippen molar-refractivity contribution in [3.05, 3.63) is 48.3 Å². The zero-order valence-electron chi connectivity index (χ0n) is 10.6. The summed E-state index contributed by atoms with van der Waals surface area (Å²) >= 11 is 0. The van der Waals surface area contributed by atoms with Crippen molar-refractivity contribution in [1.29, 1.82) is 0 Å². The standard InChI is InChI=1S/C14H14N4O/c1-19-14-4-2-3-12(17-14)9-15-11-5-6-13-10(7-11)8-16-18-13/h2-8,15H,9H2,1H3,(H,16,18). The van der Waals surface area contributed by atoms with Gasteiger partial charge in [-0.05, 0) is 24.3 Å². The molecule has 1 aromatic carbocycles. The molecule has 5 heteroatoms. The number of hydrogen-bond acceptors (Lipinski definition) is 4. The van der Waals surface area contributed by atoms with E-state index in [0.29, 0.717) is 12.4 Å². The fourth-order valence-electron chi connectivity index (χ4n) is 1.92. The number of nitrogens with zero attached hydrogens (tertiary/aromatic N) is 2. The number of H-pyrrole nitrogens is 1. The average molecular weight is 254 g/mol. The fourth-order valence-corrected chi connectivity index (χ4v) is 1.92. The Morgan fingerprint density at radius 2 is 2.21 bits per heavy atom. The highest BCUT2D eigenvalue weighted by Crippen LogP contribution is 2.17. The second kappa shape index (κ2) is 4.97. The number of ether oxygens (including phenoxy) is 1. The van der Waals surface area contributed by atoms with Crippen LogP contribution in [-0.4, -0.2) is 22.3 Å². The Morgan fingerprint density at radius 1 is 1.26 bits per heavy atom. The van der Waals surface area contributed by atoms with Crippen molar-refractivity contribution in [1.82, 2.24) is 15.2 Å². The van der Waals surface area contributed by atoms with E-state index in [1.807, 2.05) is 36.5 Å². The second-order valence-electron chi connectivity index (χ2n) is 4.20. The maximum atomic E-state index is 5.10. The van der Waals surface area contributed by atoms with Crippen molar-refractivity contribution in [2.75, 3.05) is 12.4 Å². The highest BCUT2D eigenvalue weighted by molar-refractivity contribution is 5.81. The third kappa shape index (κ3) is 2.49. The number of anilines is 1. The molecule has 3 rings (SSSR count). The molecule has 96 valence electrons. The highest BCUT2D eigenvalue weighted by Gasteiger charge is 2.00. The van der Waals surface area contributed by atoms with Crippen LogP contribution in [0.2, 0.25) is 0 Å². The van der Waals surface area contributed by atoms with Gasteiger partial charge in [0.25, 0.3) is 0 Å². The Kier molecular flexibility index (Phi) is 3.02. The monoisotopic (exact) mass is 254 g/mol. The molecule has 5 nitrogen and oxygen atoms in total. The lowest BCUT2D eigenvalue weighted by Gasteiger charge is -2.07. The molecule has 0 aliphatic carbocycles. The molecule has 0 fully saturated rings. The van der Waals surface area contributed by atoms with Gasteiger partial charge in [0.15, 0.2) is 0 Å². The third-order valence-electron chi connectivity index (χ3n) is 2.90. The van der Waals surface area contributed by atoms with Gasteiger partial charge >= 0.3 is 0 Å². The van der Waals surface area contributed by atoms with Gasteiger partial charge in [0, 0.05) is 17.1 Å². The molecule has 0 saturated carbocycles. The number of rotatable bonds is 4. The van der Waals surface area contributed by atoms with E-state index in [1.54, 1.807) is 7.11 Å². The first-order valence-electron chi connectivity index (χ1n) is 6.02. The average Bonchev–Trinajstić information content (AvgIpc) is 2.93. The van der Waals surface area contributed by atoms with Gasteiger partial charge in [0.1, 0.15) is 0 Å². The van der Waals surface area contributed by atoms with Crippen LogP contribution in [0.3, 0.4) is 0 Å². The van der Waals surface area contributed by atoms with Crippen LogP contribution >= 0.6 is 0 Å². The number of nitrogens with one attached hydrogen (secondary N) is 2. The molecule has 19 heavy (non-hydrogen) atoms. The summed E-state index contributed by atoms with van der Waals surface area (Å²) in [5, 5.41) is 11.4. The van der Waals surface area contributed by atoms with Crippen LogP contribution in [0.5, 0.6) is 5.88 Å². The molecule has 0 aliphatic heterocycles. The topological polar surface area (TPSA) is 62.8 Å². The van der Waals surface area contributed by atoms with Crippen molar-refractivity contribution < 1.29 is 4.74 Å². The first-order chi connectivity index (χ1) is 9.35. The van der Waals surface area contributed by atoms with Gasteiger partial charge < -0.3 is 10.1 Å². The lowest BCUT2D eigenvalue weighted by Crippen LogP contribution is -2.02. The summed E-state index contributed by atoms with van der Waals surface area (Å²) in [6.07, 6.45) is 1.81. The van der Waals surface area contributed by atoms with Gasteiger partial charge in [-0.2, -0.15) is 5.10 Å². The first-order valence-corrected chi connectivity index (χ1v) is 6.02. The number of benzene rings is 1. The van der Waals surface area contributed by atoms with Crippen molar-refractivity contribution >= 4 is 16.6 Å². The predicted molar refractivity (Wildman–Crippen MR) is 74.2 cm³/mol. The largest absolute Gasteiger partial charge is 0.481 e. The molecule has 0 bridgehead atoms. The number of pyridine rings is 1. The van der Waals surface area contributed by atoms with Crippen LogP contribution in [0.25, 0.3) is 10.9 Å². The SMILES string of the molecule is COc1cccc(CNc2ccc3[nH]ncc3c2)n1. The Hall–Kier alpha value is -2.56. The van der Waals surface area contributed by atoms with Crippen molar-refractivity contribution in [3.8, 4) is 5.88 Å². The Labute approximate surface area is 110 Å². The van der Waals surface area contributed by atoms with Crippen LogP contribution < -0.4 is 10.1 Å². The first kappa shape index (κ1) is 11.5. The van der Waals surface area contributed by atoms with Crippen LogP contribution in [0.15, 0.2) is 42.6 Å². The summed E-state index contributed by atoms with van der Waals surface area (Å²) in [7, 11) is 1.62. The molecule has 0 aliphatic rings. The molecule has 0 atom stereocenters. The number of methoxy groups -OCH3 is 1. The number of hydrogen-bond donors (Lipinski definition) is 2. The zero-order valence-corrected chi connectivity index (χ0v) is 10.6. The highest BCUT2D eigenvalue weighted by atomic mass is 16.5. The predicted octanol–water partition coefficient (Wildman–Crippen LogP) is 2.58. The molecule has 0 spiro atoms. The fraction of sp³-hybridized carbons (Fsp3) is 0.143. The van der Waals surface area contributed by atoms with Crippen molar-refractivity contribution in [2.45, 2.75) is 6.54 Å². The minimum Gasteiger partial charge on any atom is -0.481 e. The number of fused-ring (bicyclic) bond motifs is 1. The minimum absolute atomic E-state index is 0.629.